The molecule has 25 heavy (non-hydrogen) atoms. The molecule has 0 bridgehead atoms. The van der Waals surface area contributed by atoms with Gasteiger partial charge in [0.25, 0.3) is 10.0 Å². The molecule has 0 fully saturated rings. The van der Waals surface area contributed by atoms with Gasteiger partial charge in [0.15, 0.2) is 5.84 Å². The minimum atomic E-state index is -3.38. The van der Waals surface area contributed by atoms with Crippen molar-refractivity contribution in [3.8, 4) is 0 Å². The van der Waals surface area contributed by atoms with E-state index in [9.17, 15) is 8.42 Å². The first-order valence-corrected chi connectivity index (χ1v) is 10.1. The van der Waals surface area contributed by atoms with Crippen LogP contribution in [0.4, 0.5) is 0 Å². The van der Waals surface area contributed by atoms with Crippen molar-refractivity contribution in [1.82, 2.24) is 9.47 Å². The summed E-state index contributed by atoms with van der Waals surface area (Å²) in [5.41, 5.74) is 3.03. The van der Waals surface area contributed by atoms with Gasteiger partial charge in [-0.15, -0.1) is 4.40 Å². The summed E-state index contributed by atoms with van der Waals surface area (Å²) in [5, 5.41) is 1.15. The summed E-state index contributed by atoms with van der Waals surface area (Å²) in [6.45, 7) is 5.83. The van der Waals surface area contributed by atoms with Crippen LogP contribution in [0.5, 0.6) is 0 Å². The maximum Gasteiger partial charge on any atom is 0.256 e. The second-order valence-corrected chi connectivity index (χ2v) is 8.71. The molecule has 0 amide bonds. The van der Waals surface area contributed by atoms with Gasteiger partial charge in [0.1, 0.15) is 0 Å². The van der Waals surface area contributed by atoms with Crippen LogP contribution in [0, 0.1) is 5.92 Å². The molecular weight excluding hydrogens is 334 g/mol. The van der Waals surface area contributed by atoms with E-state index in [1.54, 1.807) is 0 Å². The van der Waals surface area contributed by atoms with Gasteiger partial charge in [-0.25, -0.2) is 8.42 Å². The molecule has 5 nitrogen and oxygen atoms in total. The van der Waals surface area contributed by atoms with E-state index in [2.05, 4.69) is 47.2 Å². The lowest BCUT2D eigenvalue weighted by atomic mass is 10.0. The van der Waals surface area contributed by atoms with Crippen LogP contribution in [0.25, 0.3) is 16.5 Å². The first-order valence-electron chi connectivity index (χ1n) is 8.50. The Hall–Kier alpha value is -2.34. The van der Waals surface area contributed by atoms with Crippen molar-refractivity contribution in [1.29, 1.82) is 0 Å². The summed E-state index contributed by atoms with van der Waals surface area (Å²) < 4.78 is 30.1. The summed E-state index contributed by atoms with van der Waals surface area (Å²) in [4.78, 5) is 1.91. The van der Waals surface area contributed by atoms with Crippen molar-refractivity contribution in [2.24, 2.45) is 10.3 Å². The Balaban J connectivity index is 1.77. The van der Waals surface area contributed by atoms with Crippen molar-refractivity contribution >= 4 is 32.3 Å². The van der Waals surface area contributed by atoms with E-state index in [0.717, 1.165) is 23.1 Å². The Bertz CT molecular complexity index is 1030. The molecule has 0 spiro atoms. The zero-order valence-electron chi connectivity index (χ0n) is 14.4. The first kappa shape index (κ1) is 16.1. The normalized spacial score (nSPS) is 19.1. The average Bonchev–Trinajstić information content (AvgIpc) is 2.95. The Morgan fingerprint density at radius 1 is 1.24 bits per heavy atom. The summed E-state index contributed by atoms with van der Waals surface area (Å²) in [6, 6.07) is 8.37. The molecule has 3 heterocycles. The minimum absolute atomic E-state index is 0.0607. The summed E-state index contributed by atoms with van der Waals surface area (Å²) in [7, 11) is -3.38. The van der Waals surface area contributed by atoms with Gasteiger partial charge in [0, 0.05) is 42.0 Å². The first-order chi connectivity index (χ1) is 11.9. The molecule has 0 radical (unpaired) electrons. The van der Waals surface area contributed by atoms with Crippen molar-refractivity contribution in [2.45, 2.75) is 20.4 Å². The summed E-state index contributed by atoms with van der Waals surface area (Å²) in [6.07, 6.45) is 7.87. The van der Waals surface area contributed by atoms with Crippen LogP contribution < -0.4 is 0 Å². The van der Waals surface area contributed by atoms with Gasteiger partial charge in [-0.1, -0.05) is 19.9 Å². The molecule has 2 aromatic rings. The average molecular weight is 355 g/mol. The summed E-state index contributed by atoms with van der Waals surface area (Å²) >= 11 is 0. The number of nitrogens with zero attached hydrogens (tertiary/aromatic N) is 3. The van der Waals surface area contributed by atoms with Crippen LogP contribution in [0.3, 0.4) is 0 Å². The van der Waals surface area contributed by atoms with E-state index in [-0.39, 0.29) is 5.75 Å². The smallest absolute Gasteiger partial charge is 0.256 e. The topological polar surface area (TPSA) is 54.7 Å². The van der Waals surface area contributed by atoms with Crippen LogP contribution in [-0.2, 0) is 16.6 Å². The Morgan fingerprint density at radius 3 is 2.88 bits per heavy atom. The van der Waals surface area contributed by atoms with Crippen molar-refractivity contribution in [3.05, 3.63) is 54.4 Å². The Kier molecular flexibility index (Phi) is 3.80. The highest BCUT2D eigenvalue weighted by Gasteiger charge is 2.27. The van der Waals surface area contributed by atoms with Crippen LogP contribution in [0.15, 0.2) is 53.2 Å². The number of aromatic nitrogens is 1. The number of sulfonamides is 1. The molecule has 2 aliphatic rings. The van der Waals surface area contributed by atoms with Gasteiger partial charge in [-0.3, -0.25) is 0 Å². The largest absolute Gasteiger partial charge is 0.347 e. The van der Waals surface area contributed by atoms with E-state index >= 15 is 0 Å². The van der Waals surface area contributed by atoms with Crippen molar-refractivity contribution < 1.29 is 8.42 Å². The second kappa shape index (κ2) is 5.88. The molecule has 0 aliphatic carbocycles. The maximum atomic E-state index is 11.9. The molecule has 1 aromatic carbocycles. The zero-order valence-corrected chi connectivity index (χ0v) is 15.2. The highest BCUT2D eigenvalue weighted by atomic mass is 32.2. The van der Waals surface area contributed by atoms with Crippen LogP contribution in [-0.4, -0.2) is 36.0 Å². The minimum Gasteiger partial charge on any atom is -0.347 e. The third kappa shape index (κ3) is 3.02. The third-order valence-electron chi connectivity index (χ3n) is 4.50. The van der Waals surface area contributed by atoms with Gasteiger partial charge in [-0.2, -0.15) is 0 Å². The SMILES string of the molecule is CC(C)Cn1ccc2cc(C3=CC=CN4CCS(=O)(=O)N=C34)ccc21. The van der Waals surface area contributed by atoms with Gasteiger partial charge in [-0.05, 0) is 41.8 Å². The molecule has 0 unspecified atom stereocenters. The number of amidine groups is 1. The Labute approximate surface area is 148 Å². The maximum absolute atomic E-state index is 11.9. The molecule has 0 atom stereocenters. The fourth-order valence-electron chi connectivity index (χ4n) is 3.36. The second-order valence-electron chi connectivity index (χ2n) is 6.95. The zero-order chi connectivity index (χ0) is 17.6. The molecule has 1 aromatic heterocycles. The third-order valence-corrected chi connectivity index (χ3v) is 5.65. The number of fused-ring (bicyclic) bond motifs is 2. The van der Waals surface area contributed by atoms with Crippen molar-refractivity contribution in [3.63, 3.8) is 0 Å². The van der Waals surface area contributed by atoms with E-state index in [1.807, 2.05) is 29.3 Å². The van der Waals surface area contributed by atoms with Gasteiger partial charge in [0.2, 0.25) is 0 Å². The van der Waals surface area contributed by atoms with Crippen molar-refractivity contribution in [2.75, 3.05) is 12.3 Å². The highest BCUT2D eigenvalue weighted by Crippen LogP contribution is 2.28. The number of benzene rings is 1. The lowest BCUT2D eigenvalue weighted by Crippen LogP contribution is -2.37. The van der Waals surface area contributed by atoms with Crippen LogP contribution in [0.1, 0.15) is 19.4 Å². The quantitative estimate of drug-likeness (QED) is 0.849. The highest BCUT2D eigenvalue weighted by molar-refractivity contribution is 7.90. The number of hydrogen-bond acceptors (Lipinski definition) is 3. The fourth-order valence-corrected chi connectivity index (χ4v) is 4.35. The number of rotatable bonds is 3. The van der Waals surface area contributed by atoms with E-state index < -0.39 is 10.0 Å². The Morgan fingerprint density at radius 2 is 2.08 bits per heavy atom. The standard InChI is InChI=1S/C19H21N3O2S/c1-14(2)13-22-9-7-16-12-15(5-6-18(16)22)17-4-3-8-21-10-11-25(23,24)20-19(17)21/h3-9,12,14H,10-11,13H2,1-2H3. The van der Waals surface area contributed by atoms with E-state index in [4.69, 9.17) is 0 Å². The van der Waals surface area contributed by atoms with Crippen LogP contribution in [0.2, 0.25) is 0 Å². The lowest BCUT2D eigenvalue weighted by Gasteiger charge is -2.29. The fraction of sp³-hybridized carbons (Fsp3) is 0.316. The number of hydrogen-bond donors (Lipinski definition) is 0. The monoisotopic (exact) mass is 355 g/mol. The predicted molar refractivity (Wildman–Crippen MR) is 102 cm³/mol. The molecule has 6 heteroatoms. The van der Waals surface area contributed by atoms with Gasteiger partial charge < -0.3 is 9.47 Å². The van der Waals surface area contributed by atoms with Gasteiger partial charge in [0.05, 0.1) is 5.75 Å². The molecule has 2 aliphatic heterocycles. The van der Waals surface area contributed by atoms with E-state index in [1.165, 1.54) is 5.52 Å². The van der Waals surface area contributed by atoms with E-state index in [0.29, 0.717) is 18.3 Å². The molecule has 4 rings (SSSR count). The molecule has 0 saturated heterocycles. The summed E-state index contributed by atoms with van der Waals surface area (Å²) in [5.74, 6) is 1.16. The predicted octanol–water partition coefficient (Wildman–Crippen LogP) is 3.25. The lowest BCUT2D eigenvalue weighted by molar-refractivity contribution is 0.535. The molecule has 130 valence electrons. The molecule has 0 N–H and O–H groups in total. The van der Waals surface area contributed by atoms with Gasteiger partial charge >= 0.3 is 0 Å². The molecule has 0 saturated carbocycles. The number of allylic oxidation sites excluding steroid dienone is 2. The van der Waals surface area contributed by atoms with Crippen LogP contribution >= 0.6 is 0 Å². The molecular formula is C19H21N3O2S.